The second-order valence-corrected chi connectivity index (χ2v) is 6.26. The summed E-state index contributed by atoms with van der Waals surface area (Å²) >= 11 is 0. The van der Waals surface area contributed by atoms with Crippen LogP contribution in [-0.4, -0.2) is 41.1 Å². The minimum atomic E-state index is -4.54. The molecule has 2 heterocycles. The van der Waals surface area contributed by atoms with Crippen LogP contribution in [0.1, 0.15) is 17.5 Å². The Hall–Kier alpha value is -2.86. The van der Waals surface area contributed by atoms with Crippen molar-refractivity contribution in [1.29, 1.82) is 5.26 Å². The maximum absolute atomic E-state index is 12.9. The number of aryl methyl sites for hydroxylation is 1. The highest BCUT2D eigenvalue weighted by Gasteiger charge is 2.32. The van der Waals surface area contributed by atoms with Crippen LogP contribution in [0.5, 0.6) is 5.75 Å². The van der Waals surface area contributed by atoms with Gasteiger partial charge in [-0.1, -0.05) is 0 Å². The number of benzene rings is 1. The Morgan fingerprint density at radius 3 is 2.70 bits per heavy atom. The van der Waals surface area contributed by atoms with Gasteiger partial charge in [0.25, 0.3) is 0 Å². The molecular weight excluding hydrogens is 361 g/mol. The zero-order valence-electron chi connectivity index (χ0n) is 14.5. The number of aromatic nitrogens is 2. The van der Waals surface area contributed by atoms with E-state index in [1.807, 2.05) is 4.90 Å². The highest BCUT2D eigenvalue weighted by atomic mass is 19.4. The van der Waals surface area contributed by atoms with Crippen LogP contribution in [0, 0.1) is 18.3 Å². The van der Waals surface area contributed by atoms with Crippen molar-refractivity contribution in [2.75, 3.05) is 24.6 Å². The van der Waals surface area contributed by atoms with Gasteiger partial charge in [-0.3, -0.25) is 0 Å². The summed E-state index contributed by atoms with van der Waals surface area (Å²) in [7, 11) is 0. The molecule has 2 aromatic rings. The third-order valence-corrected chi connectivity index (χ3v) is 4.33. The van der Waals surface area contributed by atoms with Crippen molar-refractivity contribution in [3.63, 3.8) is 0 Å². The number of rotatable bonds is 3. The van der Waals surface area contributed by atoms with Crippen LogP contribution in [0.25, 0.3) is 11.3 Å². The lowest BCUT2D eigenvalue weighted by atomic mass is 10.0. The summed E-state index contributed by atoms with van der Waals surface area (Å²) in [6.45, 7) is 3.05. The average molecular weight is 378 g/mol. The molecule has 0 amide bonds. The summed E-state index contributed by atoms with van der Waals surface area (Å²) < 4.78 is 44.1. The van der Waals surface area contributed by atoms with Crippen molar-refractivity contribution in [3.05, 3.63) is 35.4 Å². The molecule has 9 heteroatoms. The molecule has 1 unspecified atom stereocenters. The van der Waals surface area contributed by atoms with Gasteiger partial charge in [-0.15, -0.1) is 10.2 Å². The van der Waals surface area contributed by atoms with Gasteiger partial charge in [-0.05, 0) is 36.8 Å². The van der Waals surface area contributed by atoms with Gasteiger partial charge in [0.1, 0.15) is 5.75 Å². The Kier molecular flexibility index (Phi) is 5.19. The number of alkyl halides is 3. The summed E-state index contributed by atoms with van der Waals surface area (Å²) in [5.74, 6) is 0.0823. The van der Waals surface area contributed by atoms with Crippen molar-refractivity contribution in [3.8, 4) is 23.1 Å². The van der Waals surface area contributed by atoms with Gasteiger partial charge in [0.05, 0.1) is 36.5 Å². The van der Waals surface area contributed by atoms with Gasteiger partial charge in [0, 0.05) is 18.7 Å². The summed E-state index contributed by atoms with van der Waals surface area (Å²) in [4.78, 5) is 1.93. The van der Waals surface area contributed by atoms with Gasteiger partial charge in [-0.25, -0.2) is 0 Å². The number of nitrogens with zero attached hydrogens (tertiary/aromatic N) is 4. The van der Waals surface area contributed by atoms with Gasteiger partial charge in [0.15, 0.2) is 5.82 Å². The Morgan fingerprint density at radius 1 is 1.33 bits per heavy atom. The molecule has 6 nitrogen and oxygen atoms in total. The fourth-order valence-corrected chi connectivity index (χ4v) is 3.05. The molecule has 0 bridgehead atoms. The molecule has 1 atom stereocenters. The zero-order valence-corrected chi connectivity index (χ0v) is 14.5. The maximum Gasteiger partial charge on any atom is 0.416 e. The largest absolute Gasteiger partial charge is 0.507 e. The monoisotopic (exact) mass is 378 g/mol. The van der Waals surface area contributed by atoms with Crippen molar-refractivity contribution in [2.24, 2.45) is 0 Å². The van der Waals surface area contributed by atoms with E-state index in [1.165, 1.54) is 6.92 Å². The molecular formula is C18H17F3N4O2. The molecule has 1 aliphatic rings. The fraction of sp³-hybridized carbons (Fsp3) is 0.389. The number of morpholine rings is 1. The topological polar surface area (TPSA) is 82.3 Å². The number of halogens is 3. The standard InChI is InChI=1S/C18H17F3N4O2/c1-11-8-12(18(19,20)21)9-15(26)17(11)14-2-3-16(24-23-14)25-6-7-27-13(10-25)4-5-22/h2-3,8-9,13,26H,4,6-7,10H2,1H3. The molecule has 1 aromatic heterocycles. The third kappa shape index (κ3) is 4.11. The number of ether oxygens (including phenoxy) is 1. The summed E-state index contributed by atoms with van der Waals surface area (Å²) in [5.41, 5.74) is -0.164. The van der Waals surface area contributed by atoms with E-state index in [0.29, 0.717) is 31.6 Å². The number of aromatic hydroxyl groups is 1. The van der Waals surface area contributed by atoms with E-state index in [-0.39, 0.29) is 29.3 Å². The summed E-state index contributed by atoms with van der Waals surface area (Å²) in [6, 6.07) is 7.02. The van der Waals surface area contributed by atoms with E-state index in [4.69, 9.17) is 10.00 Å². The Labute approximate surface area is 153 Å². The molecule has 0 saturated carbocycles. The molecule has 1 saturated heterocycles. The van der Waals surface area contributed by atoms with Crippen LogP contribution in [0.4, 0.5) is 19.0 Å². The third-order valence-electron chi connectivity index (χ3n) is 4.33. The smallest absolute Gasteiger partial charge is 0.416 e. The zero-order chi connectivity index (χ0) is 19.6. The molecule has 0 aliphatic carbocycles. The predicted octanol–water partition coefficient (Wildman–Crippen LogP) is 3.30. The van der Waals surface area contributed by atoms with Gasteiger partial charge >= 0.3 is 6.18 Å². The number of hydrogen-bond donors (Lipinski definition) is 1. The molecule has 0 spiro atoms. The summed E-state index contributed by atoms with van der Waals surface area (Å²) in [6.07, 6.45) is -4.46. The average Bonchev–Trinajstić information content (AvgIpc) is 2.61. The van der Waals surface area contributed by atoms with E-state index < -0.39 is 17.5 Å². The molecule has 1 aliphatic heterocycles. The first-order valence-corrected chi connectivity index (χ1v) is 8.28. The van der Waals surface area contributed by atoms with E-state index in [2.05, 4.69) is 16.3 Å². The minimum Gasteiger partial charge on any atom is -0.507 e. The number of nitriles is 1. The first kappa shape index (κ1) is 18.9. The fourth-order valence-electron chi connectivity index (χ4n) is 3.05. The van der Waals surface area contributed by atoms with E-state index in [0.717, 1.165) is 6.07 Å². The molecule has 142 valence electrons. The van der Waals surface area contributed by atoms with Gasteiger partial charge in [-0.2, -0.15) is 18.4 Å². The van der Waals surface area contributed by atoms with Crippen LogP contribution >= 0.6 is 0 Å². The Morgan fingerprint density at radius 2 is 2.11 bits per heavy atom. The lowest BCUT2D eigenvalue weighted by molar-refractivity contribution is -0.137. The molecule has 0 radical (unpaired) electrons. The number of phenols is 1. The van der Waals surface area contributed by atoms with Crippen LogP contribution in [0.15, 0.2) is 24.3 Å². The Bertz CT molecular complexity index is 839. The van der Waals surface area contributed by atoms with Crippen LogP contribution in [0.3, 0.4) is 0 Å². The Balaban J connectivity index is 1.85. The lowest BCUT2D eigenvalue weighted by Crippen LogP contribution is -2.42. The van der Waals surface area contributed by atoms with E-state index in [1.54, 1.807) is 12.1 Å². The van der Waals surface area contributed by atoms with Crippen molar-refractivity contribution < 1.29 is 23.0 Å². The highest BCUT2D eigenvalue weighted by molar-refractivity contribution is 5.71. The normalized spacial score (nSPS) is 17.6. The second kappa shape index (κ2) is 7.40. The quantitative estimate of drug-likeness (QED) is 0.883. The minimum absolute atomic E-state index is 0.202. The maximum atomic E-state index is 12.9. The van der Waals surface area contributed by atoms with Crippen LogP contribution in [0.2, 0.25) is 0 Å². The van der Waals surface area contributed by atoms with E-state index in [9.17, 15) is 18.3 Å². The van der Waals surface area contributed by atoms with Crippen LogP contribution in [-0.2, 0) is 10.9 Å². The van der Waals surface area contributed by atoms with Crippen molar-refractivity contribution in [2.45, 2.75) is 25.6 Å². The SMILES string of the molecule is Cc1cc(C(F)(F)F)cc(O)c1-c1ccc(N2CCOC(CC#N)C2)nn1. The van der Waals surface area contributed by atoms with Crippen LogP contribution < -0.4 is 4.90 Å². The van der Waals surface area contributed by atoms with Crippen molar-refractivity contribution >= 4 is 5.82 Å². The first-order chi connectivity index (χ1) is 12.8. The predicted molar refractivity (Wildman–Crippen MR) is 91.1 cm³/mol. The van der Waals surface area contributed by atoms with Gasteiger partial charge in [0.2, 0.25) is 0 Å². The first-order valence-electron chi connectivity index (χ1n) is 8.28. The lowest BCUT2D eigenvalue weighted by Gasteiger charge is -2.32. The number of anilines is 1. The van der Waals surface area contributed by atoms with Crippen molar-refractivity contribution in [1.82, 2.24) is 10.2 Å². The molecule has 1 N–H and O–H groups in total. The highest BCUT2D eigenvalue weighted by Crippen LogP contribution is 2.38. The molecule has 1 fully saturated rings. The molecule has 27 heavy (non-hydrogen) atoms. The molecule has 3 rings (SSSR count). The number of phenolic OH excluding ortho intramolecular Hbond substituents is 1. The number of hydrogen-bond acceptors (Lipinski definition) is 6. The molecule has 1 aromatic carbocycles. The summed E-state index contributed by atoms with van der Waals surface area (Å²) in [5, 5.41) is 27.1. The van der Waals surface area contributed by atoms with E-state index >= 15 is 0 Å². The van der Waals surface area contributed by atoms with Gasteiger partial charge < -0.3 is 14.7 Å². The second-order valence-electron chi connectivity index (χ2n) is 6.26.